The van der Waals surface area contributed by atoms with Crippen molar-refractivity contribution in [3.05, 3.63) is 65.0 Å². The molecule has 0 spiro atoms. The summed E-state index contributed by atoms with van der Waals surface area (Å²) in [5, 5.41) is 4.36. The first-order valence-corrected chi connectivity index (χ1v) is 8.13. The maximum absolute atomic E-state index is 5.71. The molecule has 23 heavy (non-hydrogen) atoms. The lowest BCUT2D eigenvalue weighted by Crippen LogP contribution is -2.23. The van der Waals surface area contributed by atoms with E-state index in [1.54, 1.807) is 0 Å². The summed E-state index contributed by atoms with van der Waals surface area (Å²) in [6, 6.07) is 10.7. The minimum Gasteiger partial charge on any atom is -0.390 e. The van der Waals surface area contributed by atoms with Crippen LogP contribution in [0, 0.1) is 19.8 Å². The van der Waals surface area contributed by atoms with E-state index in [9.17, 15) is 0 Å². The molecule has 0 N–H and O–H groups in total. The van der Waals surface area contributed by atoms with Crippen molar-refractivity contribution in [2.24, 2.45) is 11.1 Å². The van der Waals surface area contributed by atoms with Gasteiger partial charge in [0.2, 0.25) is 0 Å². The molecule has 1 fully saturated rings. The molecule has 0 bridgehead atoms. The van der Waals surface area contributed by atoms with E-state index in [1.165, 1.54) is 22.3 Å². The second-order valence-corrected chi connectivity index (χ2v) is 6.59. The van der Waals surface area contributed by atoms with Gasteiger partial charge in [-0.1, -0.05) is 35.0 Å². The molecule has 0 amide bonds. The molecular weight excluding hydrogens is 286 g/mol. The molecule has 118 valence electrons. The predicted octanol–water partition coefficient (Wildman–Crippen LogP) is 2.93. The summed E-state index contributed by atoms with van der Waals surface area (Å²) in [6.45, 7) is 7.11. The number of pyridine rings is 1. The van der Waals surface area contributed by atoms with Gasteiger partial charge >= 0.3 is 0 Å². The summed E-state index contributed by atoms with van der Waals surface area (Å²) in [4.78, 5) is 12.3. The molecule has 2 aliphatic rings. The SMILES string of the molecule is Cc1ccc(C2=NO[C@@H]3CN(Cc4ccncc4C)C[C@H]23)cc1. The largest absolute Gasteiger partial charge is 0.390 e. The maximum atomic E-state index is 5.71. The topological polar surface area (TPSA) is 37.7 Å². The van der Waals surface area contributed by atoms with E-state index in [4.69, 9.17) is 4.84 Å². The minimum absolute atomic E-state index is 0.188. The normalized spacial score (nSPS) is 23.5. The zero-order valence-electron chi connectivity index (χ0n) is 13.6. The number of aryl methyl sites for hydroxylation is 2. The fourth-order valence-electron chi connectivity index (χ4n) is 3.45. The highest BCUT2D eigenvalue weighted by Gasteiger charge is 2.42. The summed E-state index contributed by atoms with van der Waals surface area (Å²) in [5.41, 5.74) is 6.15. The van der Waals surface area contributed by atoms with Gasteiger partial charge in [-0.2, -0.15) is 0 Å². The molecular formula is C19H21N3O. The van der Waals surface area contributed by atoms with Crippen molar-refractivity contribution >= 4 is 5.71 Å². The Morgan fingerprint density at radius 2 is 1.96 bits per heavy atom. The maximum Gasteiger partial charge on any atom is 0.149 e. The number of likely N-dealkylation sites (tertiary alicyclic amines) is 1. The molecule has 0 radical (unpaired) electrons. The van der Waals surface area contributed by atoms with Crippen molar-refractivity contribution in [1.29, 1.82) is 0 Å². The Balaban J connectivity index is 1.49. The molecule has 0 saturated carbocycles. The number of fused-ring (bicyclic) bond motifs is 1. The van der Waals surface area contributed by atoms with Crippen LogP contribution >= 0.6 is 0 Å². The molecule has 0 unspecified atom stereocenters. The molecule has 4 nitrogen and oxygen atoms in total. The van der Waals surface area contributed by atoms with Gasteiger partial charge in [0.15, 0.2) is 0 Å². The van der Waals surface area contributed by atoms with Crippen LogP contribution in [-0.4, -0.2) is 34.8 Å². The van der Waals surface area contributed by atoms with Gasteiger partial charge in [0.25, 0.3) is 0 Å². The zero-order chi connectivity index (χ0) is 15.8. The Morgan fingerprint density at radius 1 is 1.13 bits per heavy atom. The van der Waals surface area contributed by atoms with Crippen molar-refractivity contribution in [3.8, 4) is 0 Å². The fraction of sp³-hybridized carbons (Fsp3) is 0.368. The van der Waals surface area contributed by atoms with Crippen molar-refractivity contribution < 1.29 is 4.84 Å². The van der Waals surface area contributed by atoms with Crippen LogP contribution in [0.15, 0.2) is 47.9 Å². The number of rotatable bonds is 3. The van der Waals surface area contributed by atoms with Gasteiger partial charge in [0.1, 0.15) is 6.10 Å². The van der Waals surface area contributed by atoms with E-state index in [-0.39, 0.29) is 6.10 Å². The quantitative estimate of drug-likeness (QED) is 0.875. The van der Waals surface area contributed by atoms with E-state index in [2.05, 4.69) is 59.2 Å². The standard InChI is InChI=1S/C19H21N3O/c1-13-3-5-15(6-4-13)19-17-11-22(12-18(17)23-21-19)10-16-7-8-20-9-14(16)2/h3-9,17-18H,10-12H2,1-2H3/t17-,18+/m0/s1. The van der Waals surface area contributed by atoms with Crippen LogP contribution in [0.1, 0.15) is 22.3 Å². The average molecular weight is 307 g/mol. The third kappa shape index (κ3) is 2.75. The summed E-state index contributed by atoms with van der Waals surface area (Å²) < 4.78 is 0. The van der Waals surface area contributed by atoms with Crippen LogP contribution in [0.4, 0.5) is 0 Å². The number of aromatic nitrogens is 1. The monoisotopic (exact) mass is 307 g/mol. The molecule has 1 aromatic carbocycles. The van der Waals surface area contributed by atoms with Crippen LogP contribution < -0.4 is 0 Å². The summed E-state index contributed by atoms with van der Waals surface area (Å²) >= 11 is 0. The van der Waals surface area contributed by atoms with E-state index in [1.807, 2.05) is 12.4 Å². The molecule has 1 aromatic heterocycles. The van der Waals surface area contributed by atoms with Gasteiger partial charge < -0.3 is 4.84 Å². The first-order valence-electron chi connectivity index (χ1n) is 8.13. The van der Waals surface area contributed by atoms with Gasteiger partial charge in [-0.25, -0.2) is 0 Å². The molecule has 3 heterocycles. The molecule has 2 aliphatic heterocycles. The molecule has 1 saturated heterocycles. The number of hydrogen-bond acceptors (Lipinski definition) is 4. The van der Waals surface area contributed by atoms with Crippen LogP contribution in [0.2, 0.25) is 0 Å². The van der Waals surface area contributed by atoms with E-state index in [0.29, 0.717) is 5.92 Å². The van der Waals surface area contributed by atoms with Gasteiger partial charge in [0.05, 0.1) is 11.6 Å². The highest BCUT2D eigenvalue weighted by Crippen LogP contribution is 2.31. The molecule has 2 atom stereocenters. The van der Waals surface area contributed by atoms with Gasteiger partial charge in [-0.3, -0.25) is 9.88 Å². The van der Waals surface area contributed by atoms with Gasteiger partial charge in [-0.15, -0.1) is 0 Å². The lowest BCUT2D eigenvalue weighted by Gasteiger charge is -2.17. The van der Waals surface area contributed by atoms with Crippen molar-refractivity contribution in [2.75, 3.05) is 13.1 Å². The third-order valence-electron chi connectivity index (χ3n) is 4.86. The molecule has 2 aromatic rings. The Hall–Kier alpha value is -2.20. The predicted molar refractivity (Wildman–Crippen MR) is 90.3 cm³/mol. The second-order valence-electron chi connectivity index (χ2n) is 6.59. The first kappa shape index (κ1) is 14.4. The zero-order valence-corrected chi connectivity index (χ0v) is 13.6. The Morgan fingerprint density at radius 3 is 2.74 bits per heavy atom. The fourth-order valence-corrected chi connectivity index (χ4v) is 3.45. The summed E-state index contributed by atoms with van der Waals surface area (Å²) in [6.07, 6.45) is 3.99. The van der Waals surface area contributed by atoms with Gasteiger partial charge in [-0.05, 0) is 36.6 Å². The van der Waals surface area contributed by atoms with Crippen LogP contribution in [0.3, 0.4) is 0 Å². The van der Waals surface area contributed by atoms with Crippen LogP contribution in [0.5, 0.6) is 0 Å². The second kappa shape index (κ2) is 5.78. The lowest BCUT2D eigenvalue weighted by atomic mass is 9.94. The van der Waals surface area contributed by atoms with E-state index >= 15 is 0 Å². The number of benzene rings is 1. The first-order chi connectivity index (χ1) is 11.2. The number of hydrogen-bond donors (Lipinski definition) is 0. The Labute approximate surface area is 136 Å². The summed E-state index contributed by atoms with van der Waals surface area (Å²) in [5.74, 6) is 0.375. The molecule has 4 heteroatoms. The van der Waals surface area contributed by atoms with Crippen molar-refractivity contribution in [2.45, 2.75) is 26.5 Å². The Bertz CT molecular complexity index is 739. The van der Waals surface area contributed by atoms with Gasteiger partial charge in [0, 0.05) is 32.0 Å². The smallest absolute Gasteiger partial charge is 0.149 e. The van der Waals surface area contributed by atoms with E-state index < -0.39 is 0 Å². The molecule has 0 aliphatic carbocycles. The Kier molecular flexibility index (Phi) is 3.62. The third-order valence-corrected chi connectivity index (χ3v) is 4.86. The van der Waals surface area contributed by atoms with Crippen LogP contribution in [-0.2, 0) is 11.4 Å². The number of nitrogens with zero attached hydrogens (tertiary/aromatic N) is 3. The minimum atomic E-state index is 0.188. The van der Waals surface area contributed by atoms with Crippen molar-refractivity contribution in [3.63, 3.8) is 0 Å². The highest BCUT2D eigenvalue weighted by atomic mass is 16.6. The lowest BCUT2D eigenvalue weighted by molar-refractivity contribution is 0.0745. The molecule has 4 rings (SSSR count). The van der Waals surface area contributed by atoms with E-state index in [0.717, 1.165) is 25.3 Å². The van der Waals surface area contributed by atoms with Crippen molar-refractivity contribution in [1.82, 2.24) is 9.88 Å². The highest BCUT2D eigenvalue weighted by molar-refractivity contribution is 6.03. The average Bonchev–Trinajstić information content (AvgIpc) is 3.11. The number of oxime groups is 1. The summed E-state index contributed by atoms with van der Waals surface area (Å²) in [7, 11) is 0. The van der Waals surface area contributed by atoms with Crippen LogP contribution in [0.25, 0.3) is 0 Å².